The summed E-state index contributed by atoms with van der Waals surface area (Å²) in [6.07, 6.45) is 4.64. The second-order valence-electron chi connectivity index (χ2n) is 5.23. The first-order chi connectivity index (χ1) is 11.0. The van der Waals surface area contributed by atoms with Crippen LogP contribution in [-0.2, 0) is 11.3 Å². The molecule has 0 atom stereocenters. The number of halogens is 2. The number of pyridine rings is 1. The van der Waals surface area contributed by atoms with Crippen molar-refractivity contribution < 1.29 is 9.53 Å². The summed E-state index contributed by atoms with van der Waals surface area (Å²) in [5.74, 6) is 0. The number of hydrogen-bond acceptors (Lipinski definition) is 3. The van der Waals surface area contributed by atoms with E-state index in [-0.39, 0.29) is 6.09 Å². The summed E-state index contributed by atoms with van der Waals surface area (Å²) in [6.45, 7) is 2.88. The Labute approximate surface area is 144 Å². The van der Waals surface area contributed by atoms with E-state index in [4.69, 9.17) is 27.9 Å². The number of amides is 1. The zero-order valence-corrected chi connectivity index (χ0v) is 13.9. The van der Waals surface area contributed by atoms with E-state index in [1.807, 2.05) is 19.1 Å². The number of ether oxygens (including phenoxy) is 1. The van der Waals surface area contributed by atoms with Crippen LogP contribution in [0.5, 0.6) is 0 Å². The molecule has 3 rings (SSSR count). The molecule has 2 heterocycles. The van der Waals surface area contributed by atoms with E-state index in [9.17, 15) is 4.79 Å². The SMILES string of the molecule is Cc1ncc(-c2ccc(Cl)c(Cl)c2)cc1CN1CC=COC1=O. The van der Waals surface area contributed by atoms with Crippen LogP contribution in [0.2, 0.25) is 10.0 Å². The van der Waals surface area contributed by atoms with Gasteiger partial charge in [-0.2, -0.15) is 0 Å². The van der Waals surface area contributed by atoms with Gasteiger partial charge in [0.2, 0.25) is 0 Å². The van der Waals surface area contributed by atoms with Gasteiger partial charge in [-0.1, -0.05) is 29.3 Å². The third-order valence-corrected chi connectivity index (χ3v) is 4.39. The van der Waals surface area contributed by atoms with E-state index in [0.29, 0.717) is 23.1 Å². The monoisotopic (exact) mass is 348 g/mol. The molecule has 0 saturated heterocycles. The molecular formula is C17H14Cl2N2O2. The topological polar surface area (TPSA) is 42.4 Å². The van der Waals surface area contributed by atoms with Gasteiger partial charge in [-0.3, -0.25) is 9.88 Å². The molecule has 0 spiro atoms. The Morgan fingerprint density at radius 2 is 2.04 bits per heavy atom. The lowest BCUT2D eigenvalue weighted by atomic mass is 10.0. The van der Waals surface area contributed by atoms with Gasteiger partial charge in [0.15, 0.2) is 0 Å². The number of benzene rings is 1. The first kappa shape index (κ1) is 15.8. The van der Waals surface area contributed by atoms with Crippen molar-refractivity contribution in [2.24, 2.45) is 0 Å². The van der Waals surface area contributed by atoms with E-state index in [2.05, 4.69) is 4.98 Å². The van der Waals surface area contributed by atoms with Crippen molar-refractivity contribution in [3.05, 3.63) is 64.1 Å². The highest BCUT2D eigenvalue weighted by Gasteiger charge is 2.18. The first-order valence-electron chi connectivity index (χ1n) is 7.06. The van der Waals surface area contributed by atoms with Crippen molar-refractivity contribution in [3.8, 4) is 11.1 Å². The number of aromatic nitrogens is 1. The van der Waals surface area contributed by atoms with Crippen molar-refractivity contribution in [1.29, 1.82) is 0 Å². The molecule has 118 valence electrons. The summed E-state index contributed by atoms with van der Waals surface area (Å²) in [6, 6.07) is 7.46. The predicted molar refractivity (Wildman–Crippen MR) is 90.5 cm³/mol. The number of aryl methyl sites for hydroxylation is 1. The van der Waals surface area contributed by atoms with Gasteiger partial charge < -0.3 is 4.74 Å². The molecule has 23 heavy (non-hydrogen) atoms. The van der Waals surface area contributed by atoms with E-state index in [0.717, 1.165) is 22.4 Å². The van der Waals surface area contributed by atoms with Gasteiger partial charge in [0.25, 0.3) is 0 Å². The predicted octanol–water partition coefficient (Wildman–Crippen LogP) is 4.83. The molecule has 1 aliphatic rings. The van der Waals surface area contributed by atoms with Gasteiger partial charge in [-0.25, -0.2) is 4.79 Å². The van der Waals surface area contributed by atoms with Gasteiger partial charge in [-0.05, 0) is 42.3 Å². The Morgan fingerprint density at radius 3 is 2.78 bits per heavy atom. The molecule has 0 bridgehead atoms. The molecule has 0 aliphatic carbocycles. The molecular weight excluding hydrogens is 335 g/mol. The van der Waals surface area contributed by atoms with Crippen molar-refractivity contribution >= 4 is 29.3 Å². The molecule has 1 aliphatic heterocycles. The number of cyclic esters (lactones) is 1. The average Bonchev–Trinajstić information content (AvgIpc) is 2.54. The third-order valence-electron chi connectivity index (χ3n) is 3.65. The summed E-state index contributed by atoms with van der Waals surface area (Å²) in [5.41, 5.74) is 3.68. The van der Waals surface area contributed by atoms with Gasteiger partial charge >= 0.3 is 6.09 Å². The standard InChI is InChI=1S/C17H14Cl2N2O2/c1-11-14(10-21-5-2-6-23-17(21)22)7-13(9-20-11)12-3-4-15(18)16(19)8-12/h2-4,6-9H,5,10H2,1H3. The first-order valence-corrected chi connectivity index (χ1v) is 7.81. The number of carbonyl (C=O) groups is 1. The zero-order valence-electron chi connectivity index (χ0n) is 12.4. The largest absolute Gasteiger partial charge is 0.418 e. The Kier molecular flexibility index (Phi) is 4.55. The minimum absolute atomic E-state index is 0.355. The smallest absolute Gasteiger partial charge is 0.415 e. The van der Waals surface area contributed by atoms with E-state index >= 15 is 0 Å². The summed E-state index contributed by atoms with van der Waals surface area (Å²) in [4.78, 5) is 17.8. The number of hydrogen-bond donors (Lipinski definition) is 0. The summed E-state index contributed by atoms with van der Waals surface area (Å²) < 4.78 is 4.90. The Bertz CT molecular complexity index is 790. The molecule has 0 fully saturated rings. The van der Waals surface area contributed by atoms with Crippen molar-refractivity contribution in [2.45, 2.75) is 13.5 Å². The van der Waals surface area contributed by atoms with Crippen LogP contribution in [-0.4, -0.2) is 22.5 Å². The fourth-order valence-corrected chi connectivity index (χ4v) is 2.63. The van der Waals surface area contributed by atoms with E-state index in [1.54, 1.807) is 29.3 Å². The lowest BCUT2D eigenvalue weighted by molar-refractivity contribution is 0.131. The van der Waals surface area contributed by atoms with E-state index in [1.165, 1.54) is 6.26 Å². The molecule has 0 N–H and O–H groups in total. The van der Waals surface area contributed by atoms with E-state index < -0.39 is 0 Å². The minimum Gasteiger partial charge on any atom is -0.418 e. The summed E-state index contributed by atoms with van der Waals surface area (Å²) >= 11 is 12.0. The van der Waals surface area contributed by atoms with Gasteiger partial charge in [0, 0.05) is 24.0 Å². The molecule has 1 aromatic heterocycles. The van der Waals surface area contributed by atoms with Gasteiger partial charge in [0.05, 0.1) is 22.9 Å². The summed E-state index contributed by atoms with van der Waals surface area (Å²) in [7, 11) is 0. The maximum atomic E-state index is 11.7. The van der Waals surface area contributed by atoms with Crippen molar-refractivity contribution in [3.63, 3.8) is 0 Å². The van der Waals surface area contributed by atoms with Crippen LogP contribution in [0.4, 0.5) is 4.79 Å². The zero-order chi connectivity index (χ0) is 16.4. The molecule has 4 nitrogen and oxygen atoms in total. The van der Waals surface area contributed by atoms with Crippen LogP contribution in [0.3, 0.4) is 0 Å². The molecule has 0 saturated carbocycles. The highest BCUT2D eigenvalue weighted by molar-refractivity contribution is 6.42. The molecule has 2 aromatic rings. The van der Waals surface area contributed by atoms with Crippen LogP contribution in [0.25, 0.3) is 11.1 Å². The Hall–Kier alpha value is -2.04. The molecule has 6 heteroatoms. The fourth-order valence-electron chi connectivity index (χ4n) is 2.33. The minimum atomic E-state index is -0.355. The Balaban J connectivity index is 1.91. The van der Waals surface area contributed by atoms with Crippen LogP contribution >= 0.6 is 23.2 Å². The van der Waals surface area contributed by atoms with Crippen molar-refractivity contribution in [2.75, 3.05) is 6.54 Å². The molecule has 0 radical (unpaired) electrons. The number of nitrogens with zero attached hydrogens (tertiary/aromatic N) is 2. The number of carbonyl (C=O) groups excluding carboxylic acids is 1. The lowest BCUT2D eigenvalue weighted by Gasteiger charge is -2.23. The average molecular weight is 349 g/mol. The number of rotatable bonds is 3. The molecule has 1 aromatic carbocycles. The van der Waals surface area contributed by atoms with Crippen molar-refractivity contribution in [1.82, 2.24) is 9.88 Å². The maximum Gasteiger partial charge on any atom is 0.415 e. The highest BCUT2D eigenvalue weighted by atomic mass is 35.5. The normalized spacial score (nSPS) is 14.0. The second-order valence-corrected chi connectivity index (χ2v) is 6.05. The highest BCUT2D eigenvalue weighted by Crippen LogP contribution is 2.29. The molecule has 0 unspecified atom stereocenters. The van der Waals surface area contributed by atoms with Crippen LogP contribution in [0.1, 0.15) is 11.3 Å². The lowest BCUT2D eigenvalue weighted by Crippen LogP contribution is -2.33. The third kappa shape index (κ3) is 3.49. The Morgan fingerprint density at radius 1 is 1.22 bits per heavy atom. The van der Waals surface area contributed by atoms with Crippen LogP contribution < -0.4 is 0 Å². The maximum absolute atomic E-state index is 11.7. The fraction of sp³-hybridized carbons (Fsp3) is 0.176. The summed E-state index contributed by atoms with van der Waals surface area (Å²) in [5, 5.41) is 1.01. The van der Waals surface area contributed by atoms with Gasteiger partial charge in [-0.15, -0.1) is 0 Å². The van der Waals surface area contributed by atoms with Gasteiger partial charge in [0.1, 0.15) is 0 Å². The van der Waals surface area contributed by atoms with Crippen LogP contribution in [0, 0.1) is 6.92 Å². The quantitative estimate of drug-likeness (QED) is 0.797. The van der Waals surface area contributed by atoms with Crippen LogP contribution in [0.15, 0.2) is 42.8 Å². The molecule has 1 amide bonds. The second kappa shape index (κ2) is 6.60.